The number of hydrogen-bond acceptors (Lipinski definition) is 4. The number of amidine groups is 2. The number of aryl methyl sites for hydroxylation is 3. The molecule has 1 aliphatic rings. The van der Waals surface area contributed by atoms with Gasteiger partial charge in [0.25, 0.3) is 0 Å². The van der Waals surface area contributed by atoms with E-state index in [0.29, 0.717) is 11.7 Å². The van der Waals surface area contributed by atoms with Crippen LogP contribution in [0.1, 0.15) is 55.5 Å². The maximum absolute atomic E-state index is 5.67. The van der Waals surface area contributed by atoms with Crippen LogP contribution in [0.3, 0.4) is 0 Å². The standard InChI is InChI=1S/C27H21NS2.C24H25N3.C13H12O.C2H6/c1-16-8-4-5-9-18(16)19-12-14-23-26(17(19)2)29-24-15-13-21-20-10-6-7-11-22(20)28(3)25(21)27(24)30-23;1-5-11-20(12-6-2)18-26-24(22-16-10-13-19(3)17-22)27-23(25-4)21-14-8-7-9-15-21;1-3-7-10-11-8-5-6-9-13(11)14-12(10)4-2;1-2/h4-15H,1-3H3;5-18H,1H2,2-4H3;3-9H,1H2,2H3;1-2H3/b;12-6-,20-11+,25-23?,26-18?,27-24?;10-7-,12-4+;. The minimum atomic E-state index is 0.614. The van der Waals surface area contributed by atoms with Crippen LogP contribution < -0.4 is 10.6 Å². The molecule has 7 aromatic carbocycles. The molecule has 0 fully saturated rings. The number of aromatic nitrogens is 1. The van der Waals surface area contributed by atoms with E-state index in [1.807, 2.05) is 142 Å². The summed E-state index contributed by atoms with van der Waals surface area (Å²) in [6, 6.07) is 52.7. The number of nitrogens with zero attached hydrogens (tertiary/aromatic N) is 4. The Hall–Kier alpha value is -7.71. The van der Waals surface area contributed by atoms with Crippen molar-refractivity contribution in [2.24, 2.45) is 22.0 Å². The summed E-state index contributed by atoms with van der Waals surface area (Å²) in [5, 5.41) is 4.93. The van der Waals surface area contributed by atoms with Crippen molar-refractivity contribution >= 4 is 86.3 Å². The molecule has 3 heterocycles. The SMILES string of the molecule is C=C/C=C(C=NC(=NC(=NC)c1ccccc1)c1cccc(C)c1)\C=C/C.C=C/C=c1\c(=C/C)oc2ccccc12.CC.Cc1ccccc1-c1ccc2c(c1C)Sc1ccc3c4ccccc4n(C)c3c1S2. The summed E-state index contributed by atoms with van der Waals surface area (Å²) >= 11 is 3.85. The van der Waals surface area contributed by atoms with Crippen LogP contribution in [-0.4, -0.2) is 29.5 Å². The monoisotopic (exact) mass is 992 g/mol. The third-order valence-corrected chi connectivity index (χ3v) is 14.9. The quantitative estimate of drug-likeness (QED) is 0.0908. The summed E-state index contributed by atoms with van der Waals surface area (Å²) in [5.41, 5.74) is 13.8. The first-order valence-electron chi connectivity index (χ1n) is 24.7. The smallest absolute Gasteiger partial charge is 0.161 e. The zero-order chi connectivity index (χ0) is 51.9. The fourth-order valence-electron chi connectivity index (χ4n) is 8.73. The average molecular weight is 993 g/mol. The normalized spacial score (nSPS) is 13.0. The summed E-state index contributed by atoms with van der Waals surface area (Å²) in [7, 11) is 3.94. The zero-order valence-corrected chi connectivity index (χ0v) is 45.1. The van der Waals surface area contributed by atoms with Gasteiger partial charge in [-0.2, -0.15) is 0 Å². The number of hydrogen-bond donors (Lipinski definition) is 0. The van der Waals surface area contributed by atoms with Gasteiger partial charge < -0.3 is 8.98 Å². The minimum Gasteiger partial charge on any atom is -0.456 e. The Labute approximate surface area is 440 Å². The lowest BCUT2D eigenvalue weighted by molar-refractivity contribution is 0.575. The second kappa shape index (κ2) is 25.6. The lowest BCUT2D eigenvalue weighted by atomic mass is 9.97. The lowest BCUT2D eigenvalue weighted by Gasteiger charge is -2.23. The first-order valence-corrected chi connectivity index (χ1v) is 26.3. The highest BCUT2D eigenvalue weighted by molar-refractivity contribution is 8.05. The Balaban J connectivity index is 0.000000167. The Kier molecular flexibility index (Phi) is 18.6. The number of furan rings is 1. The largest absolute Gasteiger partial charge is 0.456 e. The molecule has 366 valence electrons. The van der Waals surface area contributed by atoms with Crippen molar-refractivity contribution in [1.82, 2.24) is 4.57 Å². The van der Waals surface area contributed by atoms with Crippen LogP contribution in [0.2, 0.25) is 0 Å². The van der Waals surface area contributed by atoms with Crippen molar-refractivity contribution in [2.45, 2.75) is 68.0 Å². The first-order chi connectivity index (χ1) is 35.7. The molecule has 0 unspecified atom stereocenters. The van der Waals surface area contributed by atoms with Crippen LogP contribution in [0.25, 0.3) is 56.1 Å². The lowest BCUT2D eigenvalue weighted by Crippen LogP contribution is -2.18. The molecule has 2 aromatic heterocycles. The highest BCUT2D eigenvalue weighted by Gasteiger charge is 2.25. The number of aliphatic imine (C=N–C) groups is 3. The predicted molar refractivity (Wildman–Crippen MR) is 320 cm³/mol. The minimum absolute atomic E-state index is 0.614. The van der Waals surface area contributed by atoms with Gasteiger partial charge in [-0.15, -0.1) is 0 Å². The van der Waals surface area contributed by atoms with E-state index in [2.05, 4.69) is 147 Å². The third-order valence-electron chi connectivity index (χ3n) is 12.2. The van der Waals surface area contributed by atoms with Gasteiger partial charge in [0.05, 0.1) is 10.4 Å². The molecule has 0 radical (unpaired) electrons. The molecular formula is C66H64N4OS2. The number of fused-ring (bicyclic) bond motifs is 7. The van der Waals surface area contributed by atoms with Crippen molar-refractivity contribution in [1.29, 1.82) is 0 Å². The first kappa shape index (κ1) is 53.1. The fourth-order valence-corrected chi connectivity index (χ4v) is 11.3. The summed E-state index contributed by atoms with van der Waals surface area (Å²) in [5.74, 6) is 1.26. The van der Waals surface area contributed by atoms with Gasteiger partial charge in [0.15, 0.2) is 11.7 Å². The van der Waals surface area contributed by atoms with Gasteiger partial charge in [-0.3, -0.25) is 4.99 Å². The molecule has 7 heteroatoms. The molecule has 0 atom stereocenters. The molecule has 0 amide bonds. The van der Waals surface area contributed by atoms with E-state index in [4.69, 9.17) is 9.41 Å². The fraction of sp³-hybridized carbons (Fsp3) is 0.136. The van der Waals surface area contributed by atoms with Gasteiger partial charge >= 0.3 is 0 Å². The highest BCUT2D eigenvalue weighted by atomic mass is 32.2. The van der Waals surface area contributed by atoms with Crippen molar-refractivity contribution in [2.75, 3.05) is 7.05 Å². The molecular weight excluding hydrogens is 929 g/mol. The van der Waals surface area contributed by atoms with Crippen LogP contribution in [0.4, 0.5) is 0 Å². The van der Waals surface area contributed by atoms with Crippen molar-refractivity contribution in [3.8, 4) is 11.1 Å². The Morgan fingerprint density at radius 1 is 0.644 bits per heavy atom. The molecule has 5 nitrogen and oxygen atoms in total. The molecule has 0 N–H and O–H groups in total. The van der Waals surface area contributed by atoms with E-state index in [1.165, 1.54) is 63.6 Å². The third kappa shape index (κ3) is 12.1. The Morgan fingerprint density at radius 2 is 1.32 bits per heavy atom. The van der Waals surface area contributed by atoms with Gasteiger partial charge in [0.1, 0.15) is 11.0 Å². The highest BCUT2D eigenvalue weighted by Crippen LogP contribution is 2.54. The zero-order valence-electron chi connectivity index (χ0n) is 43.5. The summed E-state index contributed by atoms with van der Waals surface area (Å²) < 4.78 is 8.02. The Morgan fingerprint density at radius 3 is 2.03 bits per heavy atom. The summed E-state index contributed by atoms with van der Waals surface area (Å²) in [4.78, 5) is 19.3. The molecule has 0 aliphatic carbocycles. The topological polar surface area (TPSA) is 55.1 Å². The molecule has 0 saturated heterocycles. The van der Waals surface area contributed by atoms with Crippen LogP contribution in [0, 0.1) is 20.8 Å². The molecule has 73 heavy (non-hydrogen) atoms. The van der Waals surface area contributed by atoms with Gasteiger partial charge in [-0.05, 0) is 98.9 Å². The maximum atomic E-state index is 5.67. The average Bonchev–Trinajstić information content (AvgIpc) is 3.94. The molecule has 9 aromatic rings. The van der Waals surface area contributed by atoms with Gasteiger partial charge in [-0.1, -0.05) is 214 Å². The van der Waals surface area contributed by atoms with Crippen LogP contribution >= 0.6 is 23.5 Å². The van der Waals surface area contributed by atoms with Gasteiger partial charge in [0.2, 0.25) is 0 Å². The van der Waals surface area contributed by atoms with Crippen LogP contribution in [0.5, 0.6) is 0 Å². The van der Waals surface area contributed by atoms with E-state index in [9.17, 15) is 0 Å². The van der Waals surface area contributed by atoms with Gasteiger partial charge in [-0.25, -0.2) is 9.98 Å². The van der Waals surface area contributed by atoms with E-state index < -0.39 is 0 Å². The van der Waals surface area contributed by atoms with Crippen LogP contribution in [0.15, 0.2) is 240 Å². The number of benzene rings is 7. The molecule has 0 bridgehead atoms. The number of allylic oxidation sites excluding steroid dienone is 6. The second-order valence-electron chi connectivity index (χ2n) is 16.9. The number of para-hydroxylation sites is 2. The van der Waals surface area contributed by atoms with E-state index >= 15 is 0 Å². The molecule has 0 spiro atoms. The van der Waals surface area contributed by atoms with Crippen molar-refractivity contribution in [3.05, 3.63) is 239 Å². The van der Waals surface area contributed by atoms with Crippen molar-refractivity contribution < 1.29 is 4.42 Å². The predicted octanol–water partition coefficient (Wildman–Crippen LogP) is 17.0. The molecule has 10 rings (SSSR count). The molecule has 0 saturated carbocycles. The van der Waals surface area contributed by atoms with Crippen molar-refractivity contribution in [3.63, 3.8) is 0 Å². The Bertz CT molecular complexity index is 3710. The second-order valence-corrected chi connectivity index (χ2v) is 19.0. The molecule has 1 aliphatic heterocycles. The number of rotatable bonds is 7. The van der Waals surface area contributed by atoms with Crippen LogP contribution in [-0.2, 0) is 7.05 Å². The summed E-state index contributed by atoms with van der Waals surface area (Å²) in [6.45, 7) is 21.9. The maximum Gasteiger partial charge on any atom is 0.161 e. The van der Waals surface area contributed by atoms with E-state index in [1.54, 1.807) is 25.4 Å². The summed E-state index contributed by atoms with van der Waals surface area (Å²) in [6.07, 6.45) is 15.1. The van der Waals surface area contributed by atoms with E-state index in [-0.39, 0.29) is 0 Å². The van der Waals surface area contributed by atoms with E-state index in [0.717, 1.165) is 43.9 Å². The van der Waals surface area contributed by atoms with Gasteiger partial charge in [0, 0.05) is 73.0 Å².